The van der Waals surface area contributed by atoms with Gasteiger partial charge < -0.3 is 20.3 Å². The Labute approximate surface area is 212 Å². The number of carbonyl (C=O) groups excluding carboxylic acids is 1. The molecule has 1 amide bonds. The third kappa shape index (κ3) is 7.72. The average Bonchev–Trinajstić information content (AvgIpc) is 3.33. The summed E-state index contributed by atoms with van der Waals surface area (Å²) in [4.78, 5) is 22.0. The van der Waals surface area contributed by atoms with Crippen molar-refractivity contribution in [2.24, 2.45) is 4.99 Å². The summed E-state index contributed by atoms with van der Waals surface area (Å²) in [5, 5.41) is 9.01. The first-order valence-corrected chi connectivity index (χ1v) is 11.6. The van der Waals surface area contributed by atoms with Crippen molar-refractivity contribution in [2.45, 2.75) is 12.5 Å². The third-order valence-electron chi connectivity index (χ3n) is 5.33. The van der Waals surface area contributed by atoms with Crippen molar-refractivity contribution < 1.29 is 9.53 Å². The minimum absolute atomic E-state index is 0. The molecule has 0 radical (unpaired) electrons. The van der Waals surface area contributed by atoms with Gasteiger partial charge >= 0.3 is 0 Å². The van der Waals surface area contributed by atoms with Gasteiger partial charge in [0.1, 0.15) is 0 Å². The number of hydrogen-bond acceptors (Lipinski definition) is 5. The van der Waals surface area contributed by atoms with E-state index in [0.717, 1.165) is 57.3 Å². The van der Waals surface area contributed by atoms with Gasteiger partial charge in [-0.2, -0.15) is 0 Å². The second kappa shape index (κ2) is 13.8. The zero-order chi connectivity index (χ0) is 22.1. The van der Waals surface area contributed by atoms with E-state index < -0.39 is 0 Å². The highest BCUT2D eigenvalue weighted by molar-refractivity contribution is 14.0. The second-order valence-electron chi connectivity index (χ2n) is 7.71. The molecule has 7 nitrogen and oxygen atoms in total. The van der Waals surface area contributed by atoms with Crippen molar-refractivity contribution in [2.75, 3.05) is 60.5 Å². The molecule has 2 N–H and O–H groups in total. The van der Waals surface area contributed by atoms with Crippen LogP contribution in [0, 0.1) is 0 Å². The van der Waals surface area contributed by atoms with Crippen LogP contribution in [0.5, 0.6) is 0 Å². The molecule has 0 aliphatic carbocycles. The Morgan fingerprint density at radius 3 is 2.66 bits per heavy atom. The number of carbonyl (C=O) groups is 1. The van der Waals surface area contributed by atoms with Gasteiger partial charge in [0.25, 0.3) is 5.91 Å². The maximum absolute atomic E-state index is 12.2. The van der Waals surface area contributed by atoms with E-state index in [4.69, 9.17) is 4.74 Å². The fourth-order valence-electron chi connectivity index (χ4n) is 3.64. The molecule has 0 saturated carbocycles. The lowest BCUT2D eigenvalue weighted by Crippen LogP contribution is -2.46. The first-order valence-electron chi connectivity index (χ1n) is 10.7. The number of aliphatic imine (C=N–C) groups is 1. The number of ether oxygens (including phenoxy) is 1. The molecule has 2 heterocycles. The van der Waals surface area contributed by atoms with Gasteiger partial charge in [0, 0.05) is 57.8 Å². The number of thiophene rings is 1. The van der Waals surface area contributed by atoms with E-state index in [1.165, 1.54) is 4.88 Å². The van der Waals surface area contributed by atoms with E-state index in [-0.39, 0.29) is 29.9 Å². The highest BCUT2D eigenvalue weighted by atomic mass is 127. The molecule has 1 atom stereocenters. The zero-order valence-corrected chi connectivity index (χ0v) is 22.2. The monoisotopic (exact) mass is 571 g/mol. The molecule has 1 aliphatic rings. The second-order valence-corrected chi connectivity index (χ2v) is 8.69. The number of hydrogen-bond donors (Lipinski definition) is 2. The average molecular weight is 572 g/mol. The van der Waals surface area contributed by atoms with E-state index in [1.54, 1.807) is 37.4 Å². The lowest BCUT2D eigenvalue weighted by molar-refractivity contribution is 0.0177. The van der Waals surface area contributed by atoms with Crippen LogP contribution in [-0.4, -0.2) is 82.2 Å². The number of benzene rings is 1. The zero-order valence-electron chi connectivity index (χ0n) is 19.0. The lowest BCUT2D eigenvalue weighted by atomic mass is 10.1. The van der Waals surface area contributed by atoms with Crippen LogP contribution in [-0.2, 0) is 11.2 Å². The quantitative estimate of drug-likeness (QED) is 0.290. The smallest absolute Gasteiger partial charge is 0.253 e. The van der Waals surface area contributed by atoms with Gasteiger partial charge in [-0.15, -0.1) is 35.3 Å². The first-order chi connectivity index (χ1) is 15.1. The number of halogens is 1. The number of rotatable bonds is 8. The van der Waals surface area contributed by atoms with Gasteiger partial charge in [-0.3, -0.25) is 14.7 Å². The van der Waals surface area contributed by atoms with Gasteiger partial charge in [-0.1, -0.05) is 18.2 Å². The highest BCUT2D eigenvalue weighted by Gasteiger charge is 2.23. The number of morpholine rings is 1. The number of guanidine groups is 1. The van der Waals surface area contributed by atoms with Crippen molar-refractivity contribution >= 4 is 47.2 Å². The number of nitrogens with one attached hydrogen (secondary N) is 2. The van der Waals surface area contributed by atoms with Crippen LogP contribution >= 0.6 is 35.3 Å². The van der Waals surface area contributed by atoms with Crippen LogP contribution in [0.3, 0.4) is 0 Å². The summed E-state index contributed by atoms with van der Waals surface area (Å²) in [6.45, 7) is 4.97. The molecule has 3 rings (SSSR count). The van der Waals surface area contributed by atoms with Crippen LogP contribution in [0.4, 0.5) is 0 Å². The van der Waals surface area contributed by atoms with Crippen LogP contribution < -0.4 is 10.6 Å². The van der Waals surface area contributed by atoms with E-state index in [0.29, 0.717) is 11.6 Å². The summed E-state index contributed by atoms with van der Waals surface area (Å²) >= 11 is 1.79. The largest absolute Gasteiger partial charge is 0.379 e. The highest BCUT2D eigenvalue weighted by Crippen LogP contribution is 2.25. The van der Waals surface area contributed by atoms with Gasteiger partial charge in [0.15, 0.2) is 5.96 Å². The Kier molecular flexibility index (Phi) is 11.4. The van der Waals surface area contributed by atoms with E-state index in [2.05, 4.69) is 44.1 Å². The Balaban J connectivity index is 0.00000363. The van der Waals surface area contributed by atoms with Crippen molar-refractivity contribution in [1.82, 2.24) is 20.4 Å². The summed E-state index contributed by atoms with van der Waals surface area (Å²) in [5.74, 6) is 0.811. The molecule has 32 heavy (non-hydrogen) atoms. The number of nitrogens with zero attached hydrogens (tertiary/aromatic N) is 3. The maximum atomic E-state index is 12.2. The standard InChI is InChI=1S/C23H33N5O2S.HI/c1-24-23(25-10-9-18-6-4-7-19(16-18)22(29)27(2)3)26-17-20(21-8-5-15-31-21)28-11-13-30-14-12-28;/h4-8,15-16,20H,9-14,17H2,1-3H3,(H2,24,25,26);1H. The van der Waals surface area contributed by atoms with Crippen molar-refractivity contribution in [3.05, 3.63) is 57.8 Å². The third-order valence-corrected chi connectivity index (χ3v) is 6.30. The molecule has 1 saturated heterocycles. The summed E-state index contributed by atoms with van der Waals surface area (Å²) < 4.78 is 5.53. The SMILES string of the molecule is CN=C(NCCc1cccc(C(=O)N(C)C)c1)NCC(c1cccs1)N1CCOCC1.I. The van der Waals surface area contributed by atoms with Crippen molar-refractivity contribution in [1.29, 1.82) is 0 Å². The summed E-state index contributed by atoms with van der Waals surface area (Å²) in [7, 11) is 5.33. The predicted molar refractivity (Wildman–Crippen MR) is 142 cm³/mol. The molecular weight excluding hydrogens is 537 g/mol. The van der Waals surface area contributed by atoms with E-state index in [1.807, 2.05) is 18.2 Å². The Morgan fingerprint density at radius 1 is 1.22 bits per heavy atom. The van der Waals surface area contributed by atoms with Gasteiger partial charge in [-0.05, 0) is 35.6 Å². The van der Waals surface area contributed by atoms with E-state index >= 15 is 0 Å². The molecular formula is C23H34IN5O2S. The first kappa shape index (κ1) is 26.6. The molecule has 0 spiro atoms. The van der Waals surface area contributed by atoms with E-state index in [9.17, 15) is 4.79 Å². The van der Waals surface area contributed by atoms with Crippen LogP contribution in [0.2, 0.25) is 0 Å². The summed E-state index contributed by atoms with van der Waals surface area (Å²) in [6, 6.07) is 12.4. The molecule has 0 bridgehead atoms. The topological polar surface area (TPSA) is 69.2 Å². The maximum Gasteiger partial charge on any atom is 0.253 e. The minimum Gasteiger partial charge on any atom is -0.379 e. The Hall–Kier alpha value is -1.69. The van der Waals surface area contributed by atoms with Crippen molar-refractivity contribution in [3.8, 4) is 0 Å². The molecule has 176 valence electrons. The molecule has 1 unspecified atom stereocenters. The van der Waals surface area contributed by atoms with Crippen molar-refractivity contribution in [3.63, 3.8) is 0 Å². The number of amides is 1. The van der Waals surface area contributed by atoms with Gasteiger partial charge in [0.05, 0.1) is 19.3 Å². The summed E-state index contributed by atoms with van der Waals surface area (Å²) in [6.07, 6.45) is 0.813. The van der Waals surface area contributed by atoms with Crippen LogP contribution in [0.1, 0.15) is 26.8 Å². The normalized spacial score (nSPS) is 15.5. The van der Waals surface area contributed by atoms with Crippen LogP contribution in [0.25, 0.3) is 0 Å². The molecule has 1 aromatic heterocycles. The molecule has 1 fully saturated rings. The van der Waals surface area contributed by atoms with Crippen LogP contribution in [0.15, 0.2) is 46.8 Å². The minimum atomic E-state index is 0. The fourth-order valence-corrected chi connectivity index (χ4v) is 4.50. The fraction of sp³-hybridized carbons (Fsp3) is 0.478. The Morgan fingerprint density at radius 2 is 2.00 bits per heavy atom. The Bertz CT molecular complexity index is 854. The molecule has 1 aromatic carbocycles. The van der Waals surface area contributed by atoms with Gasteiger partial charge in [-0.25, -0.2) is 0 Å². The van der Waals surface area contributed by atoms with Gasteiger partial charge in [0.2, 0.25) is 0 Å². The lowest BCUT2D eigenvalue weighted by Gasteiger charge is -2.34. The molecule has 2 aromatic rings. The summed E-state index contributed by atoms with van der Waals surface area (Å²) in [5.41, 5.74) is 1.84. The predicted octanol–water partition coefficient (Wildman–Crippen LogP) is 2.85. The molecule has 9 heteroatoms. The molecule has 1 aliphatic heterocycles.